The van der Waals surface area contributed by atoms with E-state index in [2.05, 4.69) is 40.6 Å². The van der Waals surface area contributed by atoms with Gasteiger partial charge in [0.2, 0.25) is 0 Å². The molecule has 1 saturated heterocycles. The second-order valence-electron chi connectivity index (χ2n) is 5.98. The van der Waals surface area contributed by atoms with Crippen molar-refractivity contribution in [2.45, 2.75) is 31.4 Å². The van der Waals surface area contributed by atoms with Gasteiger partial charge >= 0.3 is 0 Å². The molecule has 0 atom stereocenters. The number of aliphatic imine (C=N–C) groups is 1. The molecule has 0 aromatic carbocycles. The zero-order chi connectivity index (χ0) is 15.6. The van der Waals surface area contributed by atoms with E-state index in [4.69, 9.17) is 4.74 Å². The summed E-state index contributed by atoms with van der Waals surface area (Å²) in [7, 11) is 1.83. The summed E-state index contributed by atoms with van der Waals surface area (Å²) in [6, 6.07) is 0. The largest absolute Gasteiger partial charge is 0.379 e. The molecule has 0 unspecified atom stereocenters. The summed E-state index contributed by atoms with van der Waals surface area (Å²) in [6.45, 7) is 11.5. The molecule has 0 saturated carbocycles. The SMILES string of the molecule is CN=C(NCCCCN1CCOCC1)NCC(C)(C)SC.I. The number of nitrogens with one attached hydrogen (secondary N) is 2. The van der Waals surface area contributed by atoms with Crippen LogP contribution >= 0.6 is 35.7 Å². The van der Waals surface area contributed by atoms with Crippen molar-refractivity contribution in [2.75, 3.05) is 59.2 Å². The summed E-state index contributed by atoms with van der Waals surface area (Å²) in [5, 5.41) is 6.78. The third kappa shape index (κ3) is 10.1. The number of halogens is 1. The molecule has 1 fully saturated rings. The second-order valence-corrected chi connectivity index (χ2v) is 7.49. The minimum absolute atomic E-state index is 0. The van der Waals surface area contributed by atoms with Gasteiger partial charge in [-0.15, -0.1) is 24.0 Å². The Hall–Kier alpha value is 0.270. The first-order chi connectivity index (χ1) is 10.1. The van der Waals surface area contributed by atoms with Gasteiger partial charge in [0.25, 0.3) is 0 Å². The minimum atomic E-state index is 0. The van der Waals surface area contributed by atoms with Crippen LogP contribution in [-0.4, -0.2) is 74.8 Å². The van der Waals surface area contributed by atoms with Crippen molar-refractivity contribution < 1.29 is 4.74 Å². The van der Waals surface area contributed by atoms with Crippen LogP contribution in [0, 0.1) is 0 Å². The minimum Gasteiger partial charge on any atom is -0.379 e. The first-order valence-electron chi connectivity index (χ1n) is 7.87. The highest BCUT2D eigenvalue weighted by molar-refractivity contribution is 14.0. The predicted molar refractivity (Wildman–Crippen MR) is 109 cm³/mol. The molecule has 0 aromatic heterocycles. The molecule has 7 heteroatoms. The van der Waals surface area contributed by atoms with Gasteiger partial charge in [-0.05, 0) is 39.5 Å². The summed E-state index contributed by atoms with van der Waals surface area (Å²) in [5.74, 6) is 0.906. The van der Waals surface area contributed by atoms with Crippen molar-refractivity contribution in [3.8, 4) is 0 Å². The molecule has 0 aromatic rings. The Morgan fingerprint density at radius 1 is 1.23 bits per heavy atom. The standard InChI is InChI=1S/C15H32N4OS.HI/c1-15(2,21-4)13-18-14(16-3)17-7-5-6-8-19-9-11-20-12-10-19;/h5-13H2,1-4H3,(H2,16,17,18);1H. The smallest absolute Gasteiger partial charge is 0.191 e. The highest BCUT2D eigenvalue weighted by Gasteiger charge is 2.16. The van der Waals surface area contributed by atoms with Crippen LogP contribution in [0.1, 0.15) is 26.7 Å². The third-order valence-corrected chi connectivity index (χ3v) is 5.00. The van der Waals surface area contributed by atoms with E-state index in [1.807, 2.05) is 18.8 Å². The Bertz CT molecular complexity index is 310. The molecule has 22 heavy (non-hydrogen) atoms. The number of unbranched alkanes of at least 4 members (excludes halogenated alkanes) is 1. The topological polar surface area (TPSA) is 48.9 Å². The van der Waals surface area contributed by atoms with Crippen LogP contribution in [0.25, 0.3) is 0 Å². The van der Waals surface area contributed by atoms with E-state index in [0.29, 0.717) is 0 Å². The van der Waals surface area contributed by atoms with E-state index in [-0.39, 0.29) is 28.7 Å². The molecule has 1 aliphatic rings. The molecule has 1 aliphatic heterocycles. The highest BCUT2D eigenvalue weighted by atomic mass is 127. The molecular formula is C15H33IN4OS. The molecule has 0 aliphatic carbocycles. The number of hydrogen-bond acceptors (Lipinski definition) is 4. The first-order valence-corrected chi connectivity index (χ1v) is 9.09. The lowest BCUT2D eigenvalue weighted by molar-refractivity contribution is 0.0372. The summed E-state index contributed by atoms with van der Waals surface area (Å²) in [5.41, 5.74) is 0. The van der Waals surface area contributed by atoms with E-state index in [9.17, 15) is 0 Å². The summed E-state index contributed by atoms with van der Waals surface area (Å²) in [6.07, 6.45) is 4.54. The fourth-order valence-corrected chi connectivity index (χ4v) is 2.30. The third-order valence-electron chi connectivity index (χ3n) is 3.76. The molecule has 0 amide bonds. The molecule has 0 radical (unpaired) electrons. The quantitative estimate of drug-likeness (QED) is 0.260. The van der Waals surface area contributed by atoms with Gasteiger partial charge in [-0.3, -0.25) is 9.89 Å². The van der Waals surface area contributed by atoms with Gasteiger partial charge in [0.15, 0.2) is 5.96 Å². The molecule has 0 bridgehead atoms. The number of ether oxygens (including phenoxy) is 1. The van der Waals surface area contributed by atoms with Gasteiger partial charge in [0.05, 0.1) is 13.2 Å². The van der Waals surface area contributed by atoms with Crippen molar-refractivity contribution in [1.29, 1.82) is 0 Å². The predicted octanol–water partition coefficient (Wildman–Crippen LogP) is 2.02. The molecule has 0 spiro atoms. The van der Waals surface area contributed by atoms with Crippen molar-refractivity contribution in [2.24, 2.45) is 4.99 Å². The number of morpholine rings is 1. The van der Waals surface area contributed by atoms with Gasteiger partial charge in [0.1, 0.15) is 0 Å². The van der Waals surface area contributed by atoms with E-state index >= 15 is 0 Å². The van der Waals surface area contributed by atoms with Crippen LogP contribution in [0.3, 0.4) is 0 Å². The van der Waals surface area contributed by atoms with Crippen molar-refractivity contribution in [3.63, 3.8) is 0 Å². The molecule has 1 rings (SSSR count). The van der Waals surface area contributed by atoms with Crippen LogP contribution in [0.5, 0.6) is 0 Å². The van der Waals surface area contributed by atoms with E-state index < -0.39 is 0 Å². The van der Waals surface area contributed by atoms with Crippen LogP contribution < -0.4 is 10.6 Å². The van der Waals surface area contributed by atoms with E-state index in [1.165, 1.54) is 19.4 Å². The lowest BCUT2D eigenvalue weighted by Crippen LogP contribution is -2.43. The lowest BCUT2D eigenvalue weighted by atomic mass is 10.2. The van der Waals surface area contributed by atoms with E-state index in [0.717, 1.165) is 45.4 Å². The van der Waals surface area contributed by atoms with Crippen LogP contribution in [0.2, 0.25) is 0 Å². The average molecular weight is 444 g/mol. The maximum absolute atomic E-state index is 5.36. The highest BCUT2D eigenvalue weighted by Crippen LogP contribution is 2.19. The Morgan fingerprint density at radius 3 is 2.50 bits per heavy atom. The summed E-state index contributed by atoms with van der Waals surface area (Å²) < 4.78 is 5.59. The van der Waals surface area contributed by atoms with Crippen LogP contribution in [0.15, 0.2) is 4.99 Å². The Kier molecular flexibility index (Phi) is 12.8. The lowest BCUT2D eigenvalue weighted by Gasteiger charge is -2.26. The Labute approximate surface area is 157 Å². The fraction of sp³-hybridized carbons (Fsp3) is 0.933. The second kappa shape index (κ2) is 12.7. The number of guanidine groups is 1. The van der Waals surface area contributed by atoms with E-state index in [1.54, 1.807) is 0 Å². The Balaban J connectivity index is 0.00000441. The molecule has 132 valence electrons. The first kappa shape index (κ1) is 22.3. The van der Waals surface area contributed by atoms with Gasteiger partial charge in [-0.1, -0.05) is 0 Å². The van der Waals surface area contributed by atoms with Gasteiger partial charge < -0.3 is 15.4 Å². The number of thioether (sulfide) groups is 1. The number of rotatable bonds is 8. The molecule has 1 heterocycles. The summed E-state index contributed by atoms with van der Waals surface area (Å²) in [4.78, 5) is 6.75. The van der Waals surface area contributed by atoms with Gasteiger partial charge in [0, 0.05) is 38.0 Å². The fourth-order valence-electron chi connectivity index (χ4n) is 2.08. The van der Waals surface area contributed by atoms with Crippen LogP contribution in [0.4, 0.5) is 0 Å². The number of hydrogen-bond donors (Lipinski definition) is 2. The monoisotopic (exact) mass is 444 g/mol. The van der Waals surface area contributed by atoms with Crippen molar-refractivity contribution >= 4 is 41.7 Å². The van der Waals surface area contributed by atoms with Gasteiger partial charge in [-0.25, -0.2) is 0 Å². The zero-order valence-electron chi connectivity index (χ0n) is 14.5. The zero-order valence-corrected chi connectivity index (χ0v) is 17.6. The average Bonchev–Trinajstić information content (AvgIpc) is 2.51. The summed E-state index contributed by atoms with van der Waals surface area (Å²) >= 11 is 1.87. The number of nitrogens with zero attached hydrogens (tertiary/aromatic N) is 2. The molecular weight excluding hydrogens is 411 g/mol. The molecule has 5 nitrogen and oxygen atoms in total. The van der Waals surface area contributed by atoms with Gasteiger partial charge in [-0.2, -0.15) is 11.8 Å². The maximum atomic E-state index is 5.36. The normalized spacial score (nSPS) is 17.0. The van der Waals surface area contributed by atoms with Crippen molar-refractivity contribution in [1.82, 2.24) is 15.5 Å². The van der Waals surface area contributed by atoms with Crippen LogP contribution in [-0.2, 0) is 4.74 Å². The Morgan fingerprint density at radius 2 is 1.91 bits per heavy atom. The molecule has 2 N–H and O–H groups in total. The maximum Gasteiger partial charge on any atom is 0.191 e. The van der Waals surface area contributed by atoms with Crippen molar-refractivity contribution in [3.05, 3.63) is 0 Å².